The summed E-state index contributed by atoms with van der Waals surface area (Å²) in [5, 5.41) is 9.97. The van der Waals surface area contributed by atoms with Gasteiger partial charge in [-0.3, -0.25) is 9.48 Å². The van der Waals surface area contributed by atoms with Gasteiger partial charge >= 0.3 is 0 Å². The molecule has 9 nitrogen and oxygen atoms in total. The normalized spacial score (nSPS) is 17.0. The number of sulfonamides is 1. The van der Waals surface area contributed by atoms with Crippen molar-refractivity contribution in [2.24, 2.45) is 0 Å². The maximum atomic E-state index is 12.7. The summed E-state index contributed by atoms with van der Waals surface area (Å²) in [5.74, 6) is -0.324. The summed E-state index contributed by atoms with van der Waals surface area (Å²) in [6, 6.07) is 5.96. The van der Waals surface area contributed by atoms with Crippen molar-refractivity contribution in [1.29, 1.82) is 0 Å². The molecule has 0 unspecified atom stereocenters. The van der Waals surface area contributed by atoms with Crippen LogP contribution in [0.1, 0.15) is 17.3 Å². The first kappa shape index (κ1) is 18.5. The number of amides is 1. The quantitative estimate of drug-likeness (QED) is 0.714. The average Bonchev–Trinajstić information content (AvgIpc) is 3.15. The summed E-state index contributed by atoms with van der Waals surface area (Å²) in [6.07, 6.45) is 3.00. The molecular formula is C16H22N6O3S. The lowest BCUT2D eigenvalue weighted by molar-refractivity contribution is 0.0935. The number of rotatable bonds is 6. The zero-order valence-electron chi connectivity index (χ0n) is 14.5. The van der Waals surface area contributed by atoms with Crippen LogP contribution in [0, 0.1) is 0 Å². The van der Waals surface area contributed by atoms with Crippen molar-refractivity contribution in [2.75, 3.05) is 26.2 Å². The molecule has 0 radical (unpaired) electrons. The van der Waals surface area contributed by atoms with Gasteiger partial charge in [-0.2, -0.15) is 9.40 Å². The van der Waals surface area contributed by atoms with Crippen molar-refractivity contribution in [1.82, 2.24) is 29.7 Å². The zero-order chi connectivity index (χ0) is 18.6. The summed E-state index contributed by atoms with van der Waals surface area (Å²) >= 11 is 0. The molecule has 1 atom stereocenters. The van der Waals surface area contributed by atoms with Crippen molar-refractivity contribution in [3.63, 3.8) is 0 Å². The van der Waals surface area contributed by atoms with Crippen LogP contribution in [-0.2, 0) is 16.6 Å². The summed E-state index contributed by atoms with van der Waals surface area (Å²) in [6.45, 7) is 4.42. The molecular weight excluding hydrogens is 356 g/mol. The van der Waals surface area contributed by atoms with Crippen LogP contribution in [0.15, 0.2) is 41.8 Å². The second-order valence-corrected chi connectivity index (χ2v) is 8.11. The fourth-order valence-electron chi connectivity index (χ4n) is 2.79. The number of hydrogen-bond acceptors (Lipinski definition) is 6. The van der Waals surface area contributed by atoms with Crippen LogP contribution in [0.2, 0.25) is 0 Å². The molecule has 0 bridgehead atoms. The lowest BCUT2D eigenvalue weighted by atomic mass is 10.2. The zero-order valence-corrected chi connectivity index (χ0v) is 15.3. The Morgan fingerprint density at radius 2 is 2.12 bits per heavy atom. The predicted octanol–water partition coefficient (Wildman–Crippen LogP) is -0.309. The van der Waals surface area contributed by atoms with E-state index in [4.69, 9.17) is 0 Å². The first-order valence-corrected chi connectivity index (χ1v) is 9.85. The number of piperazine rings is 1. The van der Waals surface area contributed by atoms with Gasteiger partial charge in [0.1, 0.15) is 12.7 Å². The Balaban J connectivity index is 1.70. The molecule has 1 aliphatic rings. The van der Waals surface area contributed by atoms with Crippen LogP contribution in [-0.4, -0.2) is 65.6 Å². The van der Waals surface area contributed by atoms with Crippen molar-refractivity contribution in [3.8, 4) is 0 Å². The number of hydrogen-bond donors (Lipinski definition) is 2. The van der Waals surface area contributed by atoms with Gasteiger partial charge < -0.3 is 10.6 Å². The lowest BCUT2D eigenvalue weighted by Crippen LogP contribution is -2.46. The van der Waals surface area contributed by atoms with E-state index in [2.05, 4.69) is 20.7 Å². The standard InChI is InChI=1S/C16H22N6O3S/c1-13(10-21-12-18-11-19-21)20-16(23)14-3-2-4-15(9-14)26(24,25)22-7-5-17-6-8-22/h2-4,9,11-13,17H,5-8,10H2,1H3,(H,20,23)/t13-/m0/s1. The Labute approximate surface area is 152 Å². The maximum Gasteiger partial charge on any atom is 0.251 e. The van der Waals surface area contributed by atoms with E-state index in [1.54, 1.807) is 23.1 Å². The molecule has 26 heavy (non-hydrogen) atoms. The molecule has 1 amide bonds. The van der Waals surface area contributed by atoms with E-state index in [9.17, 15) is 13.2 Å². The second kappa shape index (κ2) is 7.94. The van der Waals surface area contributed by atoms with Crippen LogP contribution in [0.5, 0.6) is 0 Å². The van der Waals surface area contributed by atoms with E-state index in [-0.39, 0.29) is 16.8 Å². The third-order valence-electron chi connectivity index (χ3n) is 4.11. The Morgan fingerprint density at radius 1 is 1.35 bits per heavy atom. The third kappa shape index (κ3) is 4.26. The van der Waals surface area contributed by atoms with Crippen molar-refractivity contribution in [3.05, 3.63) is 42.5 Å². The molecule has 1 aromatic heterocycles. The van der Waals surface area contributed by atoms with E-state index in [1.807, 2.05) is 6.92 Å². The molecule has 3 rings (SSSR count). The number of benzene rings is 1. The molecule has 1 fully saturated rings. The molecule has 2 heterocycles. The Hall–Kier alpha value is -2.30. The van der Waals surface area contributed by atoms with Crippen molar-refractivity contribution in [2.45, 2.75) is 24.4 Å². The van der Waals surface area contributed by atoms with Crippen LogP contribution in [0.25, 0.3) is 0 Å². The largest absolute Gasteiger partial charge is 0.348 e. The SMILES string of the molecule is C[C@@H](Cn1cncn1)NC(=O)c1cccc(S(=O)(=O)N2CCNCC2)c1. The maximum absolute atomic E-state index is 12.7. The number of carbonyl (C=O) groups excluding carboxylic acids is 1. The molecule has 2 N–H and O–H groups in total. The average molecular weight is 378 g/mol. The van der Waals surface area contributed by atoms with Gasteiger partial charge in [-0.25, -0.2) is 13.4 Å². The fourth-order valence-corrected chi connectivity index (χ4v) is 4.28. The summed E-state index contributed by atoms with van der Waals surface area (Å²) in [4.78, 5) is 16.5. The molecule has 10 heteroatoms. The van der Waals surface area contributed by atoms with Gasteiger partial charge in [-0.05, 0) is 25.1 Å². The van der Waals surface area contributed by atoms with Gasteiger partial charge in [-0.15, -0.1) is 0 Å². The minimum atomic E-state index is -3.60. The molecule has 2 aromatic rings. The molecule has 140 valence electrons. The molecule has 1 aromatic carbocycles. The number of carbonyl (C=O) groups is 1. The van der Waals surface area contributed by atoms with Gasteiger partial charge in [0.2, 0.25) is 10.0 Å². The summed E-state index contributed by atoms with van der Waals surface area (Å²) in [5.41, 5.74) is 0.312. The minimum absolute atomic E-state index is 0.135. The number of nitrogens with one attached hydrogen (secondary N) is 2. The third-order valence-corrected chi connectivity index (χ3v) is 6.01. The highest BCUT2D eigenvalue weighted by molar-refractivity contribution is 7.89. The number of aromatic nitrogens is 3. The van der Waals surface area contributed by atoms with E-state index in [0.717, 1.165) is 0 Å². The first-order chi connectivity index (χ1) is 12.5. The van der Waals surface area contributed by atoms with E-state index in [1.165, 1.54) is 22.8 Å². The lowest BCUT2D eigenvalue weighted by Gasteiger charge is -2.26. The summed E-state index contributed by atoms with van der Waals surface area (Å²) < 4.78 is 28.5. The van der Waals surface area contributed by atoms with E-state index < -0.39 is 10.0 Å². The smallest absolute Gasteiger partial charge is 0.251 e. The van der Waals surface area contributed by atoms with Gasteiger partial charge in [-0.1, -0.05) is 6.07 Å². The second-order valence-electron chi connectivity index (χ2n) is 6.17. The minimum Gasteiger partial charge on any atom is -0.348 e. The highest BCUT2D eigenvalue weighted by Crippen LogP contribution is 2.17. The highest BCUT2D eigenvalue weighted by atomic mass is 32.2. The van der Waals surface area contributed by atoms with E-state index >= 15 is 0 Å². The Kier molecular flexibility index (Phi) is 5.64. The Morgan fingerprint density at radius 3 is 2.81 bits per heavy atom. The fraction of sp³-hybridized carbons (Fsp3) is 0.438. The monoisotopic (exact) mass is 378 g/mol. The first-order valence-electron chi connectivity index (χ1n) is 8.41. The van der Waals surface area contributed by atoms with Crippen LogP contribution >= 0.6 is 0 Å². The van der Waals surface area contributed by atoms with Gasteiger partial charge in [0, 0.05) is 37.8 Å². The summed E-state index contributed by atoms with van der Waals surface area (Å²) in [7, 11) is -3.60. The topological polar surface area (TPSA) is 109 Å². The van der Waals surface area contributed by atoms with Crippen LogP contribution in [0.3, 0.4) is 0 Å². The highest BCUT2D eigenvalue weighted by Gasteiger charge is 2.26. The van der Waals surface area contributed by atoms with Gasteiger partial charge in [0.15, 0.2) is 0 Å². The predicted molar refractivity (Wildman–Crippen MR) is 95.0 cm³/mol. The molecule has 1 saturated heterocycles. The van der Waals surface area contributed by atoms with Gasteiger partial charge in [0.05, 0.1) is 11.4 Å². The van der Waals surface area contributed by atoms with Crippen LogP contribution < -0.4 is 10.6 Å². The van der Waals surface area contributed by atoms with Gasteiger partial charge in [0.25, 0.3) is 5.91 Å². The number of nitrogens with zero attached hydrogens (tertiary/aromatic N) is 4. The molecule has 1 aliphatic heterocycles. The molecule has 0 spiro atoms. The Bertz CT molecular complexity index is 847. The van der Waals surface area contributed by atoms with Crippen molar-refractivity contribution >= 4 is 15.9 Å². The van der Waals surface area contributed by atoms with Crippen molar-refractivity contribution < 1.29 is 13.2 Å². The van der Waals surface area contributed by atoms with E-state index in [0.29, 0.717) is 38.3 Å². The van der Waals surface area contributed by atoms with Crippen LogP contribution in [0.4, 0.5) is 0 Å². The molecule has 0 saturated carbocycles. The molecule has 0 aliphatic carbocycles.